The van der Waals surface area contributed by atoms with Crippen molar-refractivity contribution in [3.05, 3.63) is 51.8 Å². The highest BCUT2D eigenvalue weighted by Crippen LogP contribution is 2.18. The van der Waals surface area contributed by atoms with Crippen LogP contribution in [0.25, 0.3) is 0 Å². The molecule has 0 aliphatic rings. The Bertz CT molecular complexity index is 762. The first-order valence-corrected chi connectivity index (χ1v) is 9.29. The molecule has 0 aliphatic carbocycles. The molecule has 0 saturated heterocycles. The van der Waals surface area contributed by atoms with Crippen LogP contribution in [0.4, 0.5) is 0 Å². The Morgan fingerprint density at radius 2 is 2.08 bits per heavy atom. The number of H-pyrrole nitrogens is 1. The van der Waals surface area contributed by atoms with Gasteiger partial charge in [-0.25, -0.2) is 0 Å². The number of rotatable bonds is 8. The van der Waals surface area contributed by atoms with E-state index < -0.39 is 0 Å². The van der Waals surface area contributed by atoms with E-state index in [0.717, 1.165) is 30.2 Å². The topological polar surface area (TPSA) is 95.1 Å². The van der Waals surface area contributed by atoms with Crippen molar-refractivity contribution in [2.75, 3.05) is 5.75 Å². The van der Waals surface area contributed by atoms with E-state index in [1.54, 1.807) is 0 Å². The number of hydrogen-bond donors (Lipinski definition) is 3. The third-order valence-corrected chi connectivity index (χ3v) is 4.64. The number of nitrogens with one attached hydrogen (secondary N) is 2. The number of aromatic nitrogens is 2. The van der Waals surface area contributed by atoms with Crippen molar-refractivity contribution >= 4 is 17.7 Å². The SMILES string of the molecule is CCCCc1c(O)nc(SCC(=O)NC(C)c2ccccc2)[nH]c1=O. The van der Waals surface area contributed by atoms with E-state index in [1.807, 2.05) is 44.2 Å². The molecule has 1 atom stereocenters. The minimum Gasteiger partial charge on any atom is -0.493 e. The van der Waals surface area contributed by atoms with E-state index in [4.69, 9.17) is 0 Å². The average molecular weight is 361 g/mol. The summed E-state index contributed by atoms with van der Waals surface area (Å²) in [5, 5.41) is 13.0. The number of nitrogens with zero attached hydrogens (tertiary/aromatic N) is 1. The van der Waals surface area contributed by atoms with Gasteiger partial charge in [0.2, 0.25) is 11.8 Å². The number of benzene rings is 1. The smallest absolute Gasteiger partial charge is 0.258 e. The largest absolute Gasteiger partial charge is 0.493 e. The molecule has 6 nitrogen and oxygen atoms in total. The second kappa shape index (κ2) is 9.27. The molecule has 2 rings (SSSR count). The van der Waals surface area contributed by atoms with Crippen LogP contribution in [0.3, 0.4) is 0 Å². The van der Waals surface area contributed by atoms with Crippen LogP contribution >= 0.6 is 11.8 Å². The number of hydrogen-bond acceptors (Lipinski definition) is 5. The molecule has 25 heavy (non-hydrogen) atoms. The molecule has 7 heteroatoms. The maximum atomic E-state index is 12.1. The number of aromatic hydroxyl groups is 1. The van der Waals surface area contributed by atoms with Crippen molar-refractivity contribution < 1.29 is 9.90 Å². The van der Waals surface area contributed by atoms with Crippen LogP contribution in [-0.4, -0.2) is 26.7 Å². The van der Waals surface area contributed by atoms with E-state index in [1.165, 1.54) is 0 Å². The second-order valence-electron chi connectivity index (χ2n) is 5.77. The highest BCUT2D eigenvalue weighted by molar-refractivity contribution is 7.99. The van der Waals surface area contributed by atoms with Crippen LogP contribution in [-0.2, 0) is 11.2 Å². The lowest BCUT2D eigenvalue weighted by Crippen LogP contribution is -2.28. The van der Waals surface area contributed by atoms with Gasteiger partial charge in [0.25, 0.3) is 5.56 Å². The summed E-state index contributed by atoms with van der Waals surface area (Å²) >= 11 is 1.09. The zero-order valence-corrected chi connectivity index (χ0v) is 15.2. The molecule has 1 amide bonds. The molecule has 1 aromatic carbocycles. The number of carbonyl (C=O) groups is 1. The number of amides is 1. The fraction of sp³-hybridized carbons (Fsp3) is 0.389. The summed E-state index contributed by atoms with van der Waals surface area (Å²) in [6.45, 7) is 3.92. The van der Waals surface area contributed by atoms with E-state index in [0.29, 0.717) is 12.0 Å². The molecular formula is C18H23N3O3S. The van der Waals surface area contributed by atoms with Crippen LogP contribution in [0.5, 0.6) is 5.88 Å². The second-order valence-corrected chi connectivity index (χ2v) is 6.73. The Labute approximate surface area is 151 Å². The van der Waals surface area contributed by atoms with Gasteiger partial charge in [-0.1, -0.05) is 55.4 Å². The fourth-order valence-corrected chi connectivity index (χ4v) is 3.02. The van der Waals surface area contributed by atoms with Crippen LogP contribution < -0.4 is 10.9 Å². The summed E-state index contributed by atoms with van der Waals surface area (Å²) in [5.74, 6) is -0.315. The fourth-order valence-electron chi connectivity index (χ4n) is 2.36. The molecule has 3 N–H and O–H groups in total. The highest BCUT2D eigenvalue weighted by atomic mass is 32.2. The van der Waals surface area contributed by atoms with Gasteiger partial charge in [0.05, 0.1) is 17.4 Å². The predicted octanol–water partition coefficient (Wildman–Crippen LogP) is 2.79. The van der Waals surface area contributed by atoms with Crippen molar-refractivity contribution in [3.63, 3.8) is 0 Å². The predicted molar refractivity (Wildman–Crippen MR) is 98.9 cm³/mol. The number of carbonyl (C=O) groups excluding carboxylic acids is 1. The van der Waals surface area contributed by atoms with Gasteiger partial charge in [-0.2, -0.15) is 4.98 Å². The summed E-state index contributed by atoms with van der Waals surface area (Å²) in [5.41, 5.74) is 0.972. The molecule has 134 valence electrons. The molecule has 1 unspecified atom stereocenters. The summed E-state index contributed by atoms with van der Waals surface area (Å²) in [7, 11) is 0. The minimum absolute atomic E-state index is 0.105. The zero-order chi connectivity index (χ0) is 18.2. The van der Waals surface area contributed by atoms with Crippen molar-refractivity contribution in [3.8, 4) is 5.88 Å². The molecule has 1 aromatic heterocycles. The van der Waals surface area contributed by atoms with Gasteiger partial charge < -0.3 is 15.4 Å². The molecule has 0 radical (unpaired) electrons. The summed E-state index contributed by atoms with van der Waals surface area (Å²) in [6, 6.07) is 9.56. The Kier molecular flexibility index (Phi) is 7.06. The summed E-state index contributed by atoms with van der Waals surface area (Å²) in [4.78, 5) is 30.7. The highest BCUT2D eigenvalue weighted by Gasteiger charge is 2.13. The van der Waals surface area contributed by atoms with Crippen molar-refractivity contribution in [2.24, 2.45) is 0 Å². The van der Waals surface area contributed by atoms with Crippen LogP contribution in [0, 0.1) is 0 Å². The first kappa shape index (κ1) is 19.1. The van der Waals surface area contributed by atoms with Gasteiger partial charge in [0, 0.05) is 0 Å². The first-order chi connectivity index (χ1) is 12.0. The first-order valence-electron chi connectivity index (χ1n) is 8.30. The monoisotopic (exact) mass is 361 g/mol. The molecule has 0 saturated carbocycles. The third kappa shape index (κ3) is 5.63. The van der Waals surface area contributed by atoms with Crippen LogP contribution in [0.1, 0.15) is 43.9 Å². The van der Waals surface area contributed by atoms with Gasteiger partial charge in [-0.15, -0.1) is 0 Å². The quantitative estimate of drug-likeness (QED) is 0.496. The van der Waals surface area contributed by atoms with Gasteiger partial charge in [0.15, 0.2) is 5.16 Å². The van der Waals surface area contributed by atoms with E-state index in [-0.39, 0.29) is 34.3 Å². The molecule has 0 fully saturated rings. The lowest BCUT2D eigenvalue weighted by atomic mass is 10.1. The summed E-state index contributed by atoms with van der Waals surface area (Å²) < 4.78 is 0. The van der Waals surface area contributed by atoms with Crippen molar-refractivity contribution in [1.29, 1.82) is 0 Å². The molecule has 0 spiro atoms. The minimum atomic E-state index is -0.346. The molecular weight excluding hydrogens is 338 g/mol. The van der Waals surface area contributed by atoms with Crippen molar-refractivity contribution in [1.82, 2.24) is 15.3 Å². The van der Waals surface area contributed by atoms with Gasteiger partial charge >= 0.3 is 0 Å². The number of unbranched alkanes of at least 4 members (excludes halogenated alkanes) is 1. The zero-order valence-electron chi connectivity index (χ0n) is 14.4. The lowest BCUT2D eigenvalue weighted by Gasteiger charge is -2.14. The number of aromatic amines is 1. The normalized spacial score (nSPS) is 11.9. The molecule has 0 aliphatic heterocycles. The molecule has 1 heterocycles. The van der Waals surface area contributed by atoms with E-state index in [9.17, 15) is 14.7 Å². The molecule has 2 aromatic rings. The Balaban J connectivity index is 1.92. The summed E-state index contributed by atoms with van der Waals surface area (Å²) in [6.07, 6.45) is 2.23. The Morgan fingerprint density at radius 1 is 1.36 bits per heavy atom. The van der Waals surface area contributed by atoms with Gasteiger partial charge in [0.1, 0.15) is 0 Å². The maximum absolute atomic E-state index is 12.1. The Hall–Kier alpha value is -2.28. The maximum Gasteiger partial charge on any atom is 0.258 e. The van der Waals surface area contributed by atoms with Crippen LogP contribution in [0.2, 0.25) is 0 Å². The third-order valence-electron chi connectivity index (χ3n) is 3.77. The van der Waals surface area contributed by atoms with Gasteiger partial charge in [-0.3, -0.25) is 9.59 Å². The van der Waals surface area contributed by atoms with Gasteiger partial charge in [-0.05, 0) is 25.3 Å². The van der Waals surface area contributed by atoms with Crippen molar-refractivity contribution in [2.45, 2.75) is 44.3 Å². The number of thioether (sulfide) groups is 1. The Morgan fingerprint density at radius 3 is 2.72 bits per heavy atom. The van der Waals surface area contributed by atoms with E-state index in [2.05, 4.69) is 15.3 Å². The average Bonchev–Trinajstić information content (AvgIpc) is 2.60. The van der Waals surface area contributed by atoms with E-state index >= 15 is 0 Å². The lowest BCUT2D eigenvalue weighted by molar-refractivity contribution is -0.119. The van der Waals surface area contributed by atoms with Crippen LogP contribution in [0.15, 0.2) is 40.3 Å². The standard InChI is InChI=1S/C18H23N3O3S/c1-3-4-10-14-16(23)20-18(21-17(14)24)25-11-15(22)19-12(2)13-8-6-5-7-9-13/h5-9,12H,3-4,10-11H2,1-2H3,(H,19,22)(H2,20,21,23,24). The molecule has 0 bridgehead atoms.